The lowest BCUT2D eigenvalue weighted by molar-refractivity contribution is 0.117. The van der Waals surface area contributed by atoms with Crippen LogP contribution in [0.3, 0.4) is 0 Å². The molecule has 1 aliphatic rings. The second-order valence-corrected chi connectivity index (χ2v) is 5.90. The number of hydrogen-bond donors (Lipinski definition) is 2. The Kier molecular flexibility index (Phi) is 5.08. The third kappa shape index (κ3) is 3.54. The fourth-order valence-corrected chi connectivity index (χ4v) is 2.92. The summed E-state index contributed by atoms with van der Waals surface area (Å²) in [7, 11) is 0.188. The van der Waals surface area contributed by atoms with Gasteiger partial charge in [0.1, 0.15) is 5.75 Å². The van der Waals surface area contributed by atoms with Gasteiger partial charge >= 0.3 is 7.12 Å². The van der Waals surface area contributed by atoms with E-state index in [1.807, 2.05) is 6.07 Å². The molecule has 1 aliphatic heterocycles. The molecule has 0 aromatic heterocycles. The van der Waals surface area contributed by atoms with Gasteiger partial charge in [0.15, 0.2) is 0 Å². The molecular weight excluding hydrogens is 253 g/mol. The molecule has 0 saturated carbocycles. The molecule has 4 nitrogen and oxygen atoms in total. The smallest absolute Gasteiger partial charge is 0.488 e. The van der Waals surface area contributed by atoms with Crippen molar-refractivity contribution >= 4 is 12.6 Å². The van der Waals surface area contributed by atoms with E-state index in [4.69, 9.17) is 4.74 Å². The molecule has 1 fully saturated rings. The molecule has 1 aromatic rings. The summed E-state index contributed by atoms with van der Waals surface area (Å²) in [5.74, 6) is 1.45. The Bertz CT molecular complexity index is 453. The van der Waals surface area contributed by atoms with Crippen LogP contribution in [0.1, 0.15) is 32.3 Å². The molecule has 2 atom stereocenters. The van der Waals surface area contributed by atoms with Gasteiger partial charge in [-0.2, -0.15) is 0 Å². The predicted molar refractivity (Wildman–Crippen MR) is 81.1 cm³/mol. The van der Waals surface area contributed by atoms with E-state index in [0.717, 1.165) is 24.4 Å². The highest BCUT2D eigenvalue weighted by atomic mass is 16.5. The fraction of sp³-hybridized carbons (Fsp3) is 0.600. The Balaban J connectivity index is 2.21. The van der Waals surface area contributed by atoms with Crippen LogP contribution in [0.2, 0.25) is 0 Å². The highest BCUT2D eigenvalue weighted by Gasteiger charge is 2.25. The van der Waals surface area contributed by atoms with Gasteiger partial charge in [-0.3, -0.25) is 4.90 Å². The van der Waals surface area contributed by atoms with Gasteiger partial charge in [-0.25, -0.2) is 0 Å². The molecule has 0 radical (unpaired) electrons. The molecule has 5 heteroatoms. The quantitative estimate of drug-likeness (QED) is 0.806. The first-order chi connectivity index (χ1) is 9.51. The standard InChI is InChI=1S/C15H24BNO3/c1-11-4-5-12(2)17(9-11)10-13-8-14(20-3)6-7-15(13)16(18)19/h6-8,11-12,18-19H,4-5,9-10H2,1-3H3. The van der Waals surface area contributed by atoms with Crippen LogP contribution in [-0.4, -0.2) is 41.8 Å². The zero-order chi connectivity index (χ0) is 14.7. The van der Waals surface area contributed by atoms with Crippen molar-refractivity contribution in [3.05, 3.63) is 23.8 Å². The van der Waals surface area contributed by atoms with E-state index in [9.17, 15) is 10.0 Å². The predicted octanol–water partition coefficient (Wildman–Crippen LogP) is 0.995. The molecule has 1 aromatic carbocycles. The average molecular weight is 277 g/mol. The van der Waals surface area contributed by atoms with E-state index in [-0.39, 0.29) is 0 Å². The summed E-state index contributed by atoms with van der Waals surface area (Å²) in [6.45, 7) is 6.29. The molecule has 0 bridgehead atoms. The molecule has 1 saturated heterocycles. The Labute approximate surface area is 121 Å². The number of rotatable bonds is 4. The number of nitrogens with zero attached hydrogens (tertiary/aromatic N) is 1. The minimum absolute atomic E-state index is 0.529. The molecule has 20 heavy (non-hydrogen) atoms. The zero-order valence-corrected chi connectivity index (χ0v) is 12.5. The van der Waals surface area contributed by atoms with Crippen LogP contribution in [0.5, 0.6) is 5.75 Å². The van der Waals surface area contributed by atoms with E-state index in [2.05, 4.69) is 18.7 Å². The Morgan fingerprint density at radius 3 is 2.70 bits per heavy atom. The molecule has 2 unspecified atom stereocenters. The van der Waals surface area contributed by atoms with Gasteiger partial charge in [-0.1, -0.05) is 13.0 Å². The lowest BCUT2D eigenvalue weighted by Crippen LogP contribution is -2.43. The lowest BCUT2D eigenvalue weighted by Gasteiger charge is -2.37. The minimum atomic E-state index is -1.44. The van der Waals surface area contributed by atoms with Crippen molar-refractivity contribution in [1.29, 1.82) is 0 Å². The molecule has 1 heterocycles. The molecule has 0 aliphatic carbocycles. The summed E-state index contributed by atoms with van der Waals surface area (Å²) in [6, 6.07) is 5.93. The molecule has 2 N–H and O–H groups in total. The van der Waals surface area contributed by atoms with Crippen molar-refractivity contribution in [2.24, 2.45) is 5.92 Å². The summed E-state index contributed by atoms with van der Waals surface area (Å²) in [6.07, 6.45) is 2.47. The van der Waals surface area contributed by atoms with Gasteiger partial charge in [0, 0.05) is 19.1 Å². The number of likely N-dealkylation sites (tertiary alicyclic amines) is 1. The zero-order valence-electron chi connectivity index (χ0n) is 12.5. The molecule has 2 rings (SSSR count). The van der Waals surface area contributed by atoms with E-state index >= 15 is 0 Å². The van der Waals surface area contributed by atoms with Gasteiger partial charge in [0.05, 0.1) is 7.11 Å². The van der Waals surface area contributed by atoms with E-state index in [1.54, 1.807) is 19.2 Å². The molecule has 110 valence electrons. The van der Waals surface area contributed by atoms with Crippen molar-refractivity contribution < 1.29 is 14.8 Å². The van der Waals surface area contributed by atoms with E-state index in [1.165, 1.54) is 12.8 Å². The Morgan fingerprint density at radius 2 is 2.05 bits per heavy atom. The first-order valence-corrected chi connectivity index (χ1v) is 7.28. The first-order valence-electron chi connectivity index (χ1n) is 7.28. The Hall–Kier alpha value is -1.04. The summed E-state index contributed by atoms with van der Waals surface area (Å²) in [5.41, 5.74) is 1.50. The lowest BCUT2D eigenvalue weighted by atomic mass is 9.76. The molecule has 0 spiro atoms. The molecule has 0 amide bonds. The van der Waals surface area contributed by atoms with Gasteiger partial charge < -0.3 is 14.8 Å². The maximum absolute atomic E-state index is 9.51. The molecular formula is C15H24BNO3. The minimum Gasteiger partial charge on any atom is -0.497 e. The normalized spacial score (nSPS) is 23.6. The van der Waals surface area contributed by atoms with E-state index in [0.29, 0.717) is 17.4 Å². The van der Waals surface area contributed by atoms with Crippen LogP contribution in [-0.2, 0) is 6.54 Å². The summed E-state index contributed by atoms with van der Waals surface area (Å²) >= 11 is 0. The summed E-state index contributed by atoms with van der Waals surface area (Å²) < 4.78 is 5.24. The third-order valence-electron chi connectivity index (χ3n) is 4.25. The van der Waals surface area contributed by atoms with Crippen molar-refractivity contribution in [3.63, 3.8) is 0 Å². The second-order valence-electron chi connectivity index (χ2n) is 5.90. The van der Waals surface area contributed by atoms with Crippen LogP contribution in [0.25, 0.3) is 0 Å². The average Bonchev–Trinajstić information content (AvgIpc) is 2.42. The van der Waals surface area contributed by atoms with Gasteiger partial charge in [-0.05, 0) is 48.8 Å². The highest BCUT2D eigenvalue weighted by Crippen LogP contribution is 2.23. The van der Waals surface area contributed by atoms with Gasteiger partial charge in [0.25, 0.3) is 0 Å². The van der Waals surface area contributed by atoms with Gasteiger partial charge in [-0.15, -0.1) is 0 Å². The van der Waals surface area contributed by atoms with Gasteiger partial charge in [0.2, 0.25) is 0 Å². The number of ether oxygens (including phenoxy) is 1. The summed E-state index contributed by atoms with van der Waals surface area (Å²) in [5, 5.41) is 19.0. The van der Waals surface area contributed by atoms with Crippen LogP contribution >= 0.6 is 0 Å². The maximum Gasteiger partial charge on any atom is 0.488 e. The fourth-order valence-electron chi connectivity index (χ4n) is 2.92. The number of hydrogen-bond acceptors (Lipinski definition) is 4. The SMILES string of the molecule is COc1ccc(B(O)O)c(CN2CC(C)CCC2C)c1. The van der Waals surface area contributed by atoms with E-state index < -0.39 is 7.12 Å². The topological polar surface area (TPSA) is 52.9 Å². The van der Waals surface area contributed by atoms with Crippen molar-refractivity contribution in [1.82, 2.24) is 4.90 Å². The van der Waals surface area contributed by atoms with Crippen LogP contribution in [0, 0.1) is 5.92 Å². The number of benzene rings is 1. The summed E-state index contributed by atoms with van der Waals surface area (Å²) in [4.78, 5) is 2.41. The largest absolute Gasteiger partial charge is 0.497 e. The Morgan fingerprint density at radius 1 is 1.30 bits per heavy atom. The highest BCUT2D eigenvalue weighted by molar-refractivity contribution is 6.59. The van der Waals surface area contributed by atoms with Crippen LogP contribution in [0.15, 0.2) is 18.2 Å². The second kappa shape index (κ2) is 6.61. The van der Waals surface area contributed by atoms with Crippen LogP contribution < -0.4 is 10.2 Å². The van der Waals surface area contributed by atoms with Crippen LogP contribution in [0.4, 0.5) is 0 Å². The van der Waals surface area contributed by atoms with Crippen molar-refractivity contribution in [2.75, 3.05) is 13.7 Å². The third-order valence-corrected chi connectivity index (χ3v) is 4.25. The first kappa shape index (κ1) is 15.4. The van der Waals surface area contributed by atoms with Crippen molar-refractivity contribution in [3.8, 4) is 5.75 Å². The van der Waals surface area contributed by atoms with Crippen molar-refractivity contribution in [2.45, 2.75) is 39.3 Å². The number of methoxy groups -OCH3 is 1. The number of piperidine rings is 1. The monoisotopic (exact) mass is 277 g/mol. The maximum atomic E-state index is 9.51.